The van der Waals surface area contributed by atoms with Crippen LogP contribution in [0.4, 0.5) is 0 Å². The first-order chi connectivity index (χ1) is 4.74. The molecule has 0 aromatic carbocycles. The first-order valence-electron chi connectivity index (χ1n) is 3.46. The Morgan fingerprint density at radius 2 is 2.00 bits per heavy atom. The number of carbonyl (C=O) groups excluding carboxylic acids is 1. The van der Waals surface area contributed by atoms with Gasteiger partial charge in [-0.3, -0.25) is 15.1 Å². The summed E-state index contributed by atoms with van der Waals surface area (Å²) in [4.78, 5) is 12.7. The van der Waals surface area contributed by atoms with Gasteiger partial charge in [0.25, 0.3) is 0 Å². The number of hydrogen-bond acceptors (Lipinski definition) is 3. The number of likely N-dealkylation sites (N-methyl/N-ethyl adjacent to an activating group) is 1. The number of amides is 1. The Balaban J connectivity index is 3.52. The van der Waals surface area contributed by atoms with Gasteiger partial charge in [0, 0.05) is 0 Å². The Hall–Kier alpha value is -0.610. The molecule has 60 valence electrons. The van der Waals surface area contributed by atoms with Crippen molar-refractivity contribution < 1.29 is 4.79 Å². The van der Waals surface area contributed by atoms with Gasteiger partial charge in [0.1, 0.15) is 0 Å². The summed E-state index contributed by atoms with van der Waals surface area (Å²) in [6, 6.07) is 0. The monoisotopic (exact) mass is 145 g/mol. The lowest BCUT2D eigenvalue weighted by Gasteiger charge is -2.15. The van der Waals surface area contributed by atoms with Crippen LogP contribution in [0.25, 0.3) is 0 Å². The van der Waals surface area contributed by atoms with Gasteiger partial charge >= 0.3 is 0 Å². The molecular formula is C6H15N3O. The van der Waals surface area contributed by atoms with Crippen molar-refractivity contribution in [2.45, 2.75) is 13.8 Å². The molecule has 0 aliphatic heterocycles. The highest BCUT2D eigenvalue weighted by Gasteiger charge is 2.03. The molecule has 3 N–H and O–H groups in total. The molecule has 0 saturated heterocycles. The van der Waals surface area contributed by atoms with Crippen molar-refractivity contribution in [1.29, 1.82) is 0 Å². The Bertz CT molecular complexity index is 101. The maximum Gasteiger partial charge on any atom is 0.248 e. The maximum atomic E-state index is 10.7. The number of hydrazine groups is 1. The summed E-state index contributed by atoms with van der Waals surface area (Å²) in [5, 5.41) is 0. The molecule has 0 fully saturated rings. The van der Waals surface area contributed by atoms with E-state index in [1.54, 1.807) is 0 Å². The molecule has 0 radical (unpaired) electrons. The summed E-state index contributed by atoms with van der Waals surface area (Å²) in [5.41, 5.74) is 2.08. The zero-order valence-corrected chi connectivity index (χ0v) is 6.55. The molecule has 0 aromatic rings. The van der Waals surface area contributed by atoms with Crippen molar-refractivity contribution in [1.82, 2.24) is 10.3 Å². The summed E-state index contributed by atoms with van der Waals surface area (Å²) in [6.07, 6.45) is 0. The number of rotatable bonds is 4. The molecule has 0 rings (SSSR count). The van der Waals surface area contributed by atoms with Gasteiger partial charge in [0.2, 0.25) is 5.91 Å². The predicted octanol–water partition coefficient (Wildman–Crippen LogP) is -0.682. The largest absolute Gasteiger partial charge is 0.295 e. The molecule has 10 heavy (non-hydrogen) atoms. The zero-order valence-electron chi connectivity index (χ0n) is 6.55. The Morgan fingerprint density at radius 3 is 2.30 bits per heavy atom. The van der Waals surface area contributed by atoms with Crippen molar-refractivity contribution >= 4 is 5.91 Å². The third-order valence-corrected chi connectivity index (χ3v) is 1.42. The van der Waals surface area contributed by atoms with Crippen molar-refractivity contribution in [3.8, 4) is 0 Å². The fraction of sp³-hybridized carbons (Fsp3) is 0.833. The molecule has 0 aromatic heterocycles. The smallest absolute Gasteiger partial charge is 0.248 e. The summed E-state index contributed by atoms with van der Waals surface area (Å²) < 4.78 is 0. The summed E-state index contributed by atoms with van der Waals surface area (Å²) >= 11 is 0. The van der Waals surface area contributed by atoms with Crippen LogP contribution in [-0.4, -0.2) is 30.4 Å². The Morgan fingerprint density at radius 1 is 1.50 bits per heavy atom. The van der Waals surface area contributed by atoms with E-state index < -0.39 is 0 Å². The van der Waals surface area contributed by atoms with Gasteiger partial charge in [-0.25, -0.2) is 5.84 Å². The molecular weight excluding hydrogens is 130 g/mol. The number of hydrogen-bond donors (Lipinski definition) is 2. The van der Waals surface area contributed by atoms with E-state index in [0.717, 1.165) is 13.1 Å². The van der Waals surface area contributed by atoms with E-state index in [9.17, 15) is 4.79 Å². The average molecular weight is 145 g/mol. The second-order valence-corrected chi connectivity index (χ2v) is 2.03. The average Bonchev–Trinajstić information content (AvgIpc) is 1.99. The molecule has 1 amide bonds. The van der Waals surface area contributed by atoms with E-state index in [1.807, 2.05) is 18.7 Å². The lowest BCUT2D eigenvalue weighted by molar-refractivity contribution is -0.122. The predicted molar refractivity (Wildman–Crippen MR) is 40.1 cm³/mol. The quantitative estimate of drug-likeness (QED) is 0.313. The van der Waals surface area contributed by atoms with Gasteiger partial charge in [-0.15, -0.1) is 0 Å². The van der Waals surface area contributed by atoms with E-state index in [-0.39, 0.29) is 5.91 Å². The Kier molecular flexibility index (Phi) is 4.88. The van der Waals surface area contributed by atoms with E-state index in [4.69, 9.17) is 5.84 Å². The standard InChI is InChI=1S/C6H15N3O/c1-3-9(4-2)5-6(10)8-7/h3-5,7H2,1-2H3,(H,8,10). The van der Waals surface area contributed by atoms with Gasteiger partial charge in [-0.2, -0.15) is 0 Å². The van der Waals surface area contributed by atoms with Crippen LogP contribution >= 0.6 is 0 Å². The van der Waals surface area contributed by atoms with Crippen LogP contribution in [0.5, 0.6) is 0 Å². The van der Waals surface area contributed by atoms with Gasteiger partial charge in [0.15, 0.2) is 0 Å². The molecule has 4 nitrogen and oxygen atoms in total. The van der Waals surface area contributed by atoms with Crippen molar-refractivity contribution in [2.24, 2.45) is 5.84 Å². The fourth-order valence-corrected chi connectivity index (χ4v) is 0.696. The lowest BCUT2D eigenvalue weighted by Crippen LogP contribution is -2.40. The van der Waals surface area contributed by atoms with Crippen molar-refractivity contribution in [2.75, 3.05) is 19.6 Å². The molecule has 0 aliphatic rings. The van der Waals surface area contributed by atoms with Crippen molar-refractivity contribution in [3.63, 3.8) is 0 Å². The van der Waals surface area contributed by atoms with Crippen LogP contribution in [0.3, 0.4) is 0 Å². The van der Waals surface area contributed by atoms with Crippen LogP contribution in [0.15, 0.2) is 0 Å². The molecule has 0 atom stereocenters. The molecule has 0 heterocycles. The SMILES string of the molecule is CCN(CC)CC(=O)NN. The summed E-state index contributed by atoms with van der Waals surface area (Å²) in [6.45, 7) is 6.16. The van der Waals surface area contributed by atoms with Gasteiger partial charge in [-0.1, -0.05) is 13.8 Å². The van der Waals surface area contributed by atoms with E-state index >= 15 is 0 Å². The number of carbonyl (C=O) groups is 1. The van der Waals surface area contributed by atoms with E-state index in [0.29, 0.717) is 6.54 Å². The molecule has 0 aliphatic carbocycles. The van der Waals surface area contributed by atoms with Crippen LogP contribution in [0.1, 0.15) is 13.8 Å². The summed E-state index contributed by atoms with van der Waals surface area (Å²) in [7, 11) is 0. The molecule has 0 bridgehead atoms. The second-order valence-electron chi connectivity index (χ2n) is 2.03. The normalized spacial score (nSPS) is 10.0. The minimum Gasteiger partial charge on any atom is -0.295 e. The van der Waals surface area contributed by atoms with E-state index in [2.05, 4.69) is 5.43 Å². The zero-order chi connectivity index (χ0) is 7.98. The second kappa shape index (κ2) is 5.20. The van der Waals surface area contributed by atoms with Crippen molar-refractivity contribution in [3.05, 3.63) is 0 Å². The van der Waals surface area contributed by atoms with Crippen LogP contribution in [0.2, 0.25) is 0 Å². The highest BCUT2D eigenvalue weighted by atomic mass is 16.2. The highest BCUT2D eigenvalue weighted by Crippen LogP contribution is 1.83. The maximum absolute atomic E-state index is 10.7. The highest BCUT2D eigenvalue weighted by molar-refractivity contribution is 5.77. The van der Waals surface area contributed by atoms with Crippen LogP contribution < -0.4 is 11.3 Å². The molecule has 4 heteroatoms. The van der Waals surface area contributed by atoms with Gasteiger partial charge in [-0.05, 0) is 13.1 Å². The number of nitrogens with one attached hydrogen (secondary N) is 1. The number of nitrogens with two attached hydrogens (primary N) is 1. The first kappa shape index (κ1) is 9.39. The lowest BCUT2D eigenvalue weighted by atomic mass is 10.4. The third-order valence-electron chi connectivity index (χ3n) is 1.42. The van der Waals surface area contributed by atoms with E-state index in [1.165, 1.54) is 0 Å². The fourth-order valence-electron chi connectivity index (χ4n) is 0.696. The van der Waals surface area contributed by atoms with Crippen LogP contribution in [0, 0.1) is 0 Å². The minimum atomic E-state index is -0.135. The molecule has 0 unspecified atom stereocenters. The minimum absolute atomic E-state index is 0.135. The van der Waals surface area contributed by atoms with Crippen LogP contribution in [-0.2, 0) is 4.79 Å². The van der Waals surface area contributed by atoms with Gasteiger partial charge < -0.3 is 0 Å². The summed E-state index contributed by atoms with van der Waals surface area (Å²) in [5.74, 6) is 4.77. The Labute approximate surface area is 61.3 Å². The number of nitrogens with zero attached hydrogens (tertiary/aromatic N) is 1. The third kappa shape index (κ3) is 3.42. The molecule has 0 saturated carbocycles. The van der Waals surface area contributed by atoms with Gasteiger partial charge in [0.05, 0.1) is 6.54 Å². The topological polar surface area (TPSA) is 58.4 Å². The molecule has 0 spiro atoms. The first-order valence-corrected chi connectivity index (χ1v) is 3.46.